The fourth-order valence-corrected chi connectivity index (χ4v) is 2.69. The van der Waals surface area contributed by atoms with Crippen LogP contribution in [0.25, 0.3) is 11.3 Å². The number of ether oxygens (including phenoxy) is 2. The summed E-state index contributed by atoms with van der Waals surface area (Å²) >= 11 is 5.28. The lowest BCUT2D eigenvalue weighted by atomic mass is 10.1. The van der Waals surface area contributed by atoms with E-state index >= 15 is 0 Å². The first-order chi connectivity index (χ1) is 9.56. The average Bonchev–Trinajstić information content (AvgIpc) is 2.95. The van der Waals surface area contributed by atoms with E-state index in [0.717, 1.165) is 5.56 Å². The second kappa shape index (κ2) is 6.15. The summed E-state index contributed by atoms with van der Waals surface area (Å²) in [4.78, 5) is 15.2. The molecule has 1 heterocycles. The van der Waals surface area contributed by atoms with Crippen molar-refractivity contribution in [2.75, 3.05) is 14.2 Å². The smallest absolute Gasteiger partial charge is 0.323 e. The maximum absolute atomic E-state index is 10.9. The first-order valence-corrected chi connectivity index (χ1v) is 7.05. The van der Waals surface area contributed by atoms with Crippen molar-refractivity contribution in [2.45, 2.75) is 5.25 Å². The number of aromatic nitrogens is 1. The molecule has 20 heavy (non-hydrogen) atoms. The second-order valence-corrected chi connectivity index (χ2v) is 5.29. The van der Waals surface area contributed by atoms with Crippen molar-refractivity contribution < 1.29 is 19.4 Å². The van der Waals surface area contributed by atoms with Crippen molar-refractivity contribution in [3.8, 4) is 22.8 Å². The van der Waals surface area contributed by atoms with Gasteiger partial charge in [0.05, 0.1) is 19.9 Å². The fourth-order valence-electron chi connectivity index (χ4n) is 1.65. The largest absolute Gasteiger partial charge is 0.493 e. The number of nitrogens with zero attached hydrogens (tertiary/aromatic N) is 1. The first-order valence-electron chi connectivity index (χ1n) is 5.65. The topological polar surface area (TPSA) is 68.7 Å². The lowest BCUT2D eigenvalue weighted by Crippen LogP contribution is -2.04. The molecule has 1 N–H and O–H groups in total. The number of thiol groups is 1. The van der Waals surface area contributed by atoms with Gasteiger partial charge < -0.3 is 14.6 Å². The molecular formula is C13H13NO4S2. The van der Waals surface area contributed by atoms with Crippen LogP contribution in [0, 0.1) is 0 Å². The van der Waals surface area contributed by atoms with Crippen molar-refractivity contribution in [2.24, 2.45) is 0 Å². The molecular weight excluding hydrogens is 298 g/mol. The Bertz CT molecular complexity index is 627. The number of carboxylic acid groups (broad SMARTS) is 1. The van der Waals surface area contributed by atoms with Crippen LogP contribution in [0.2, 0.25) is 0 Å². The van der Waals surface area contributed by atoms with Gasteiger partial charge in [-0.2, -0.15) is 12.6 Å². The zero-order chi connectivity index (χ0) is 14.7. The van der Waals surface area contributed by atoms with Gasteiger partial charge >= 0.3 is 5.97 Å². The number of methoxy groups -OCH3 is 2. The molecule has 0 aliphatic carbocycles. The Hall–Kier alpha value is -1.73. The van der Waals surface area contributed by atoms with Crippen molar-refractivity contribution in [3.05, 3.63) is 28.6 Å². The Morgan fingerprint density at radius 1 is 1.35 bits per heavy atom. The number of rotatable bonds is 5. The molecule has 1 unspecified atom stereocenters. The van der Waals surface area contributed by atoms with Crippen LogP contribution in [-0.2, 0) is 4.79 Å². The highest BCUT2D eigenvalue weighted by molar-refractivity contribution is 7.81. The van der Waals surface area contributed by atoms with Gasteiger partial charge in [0.1, 0.15) is 5.01 Å². The number of carboxylic acids is 1. The van der Waals surface area contributed by atoms with Crippen molar-refractivity contribution in [1.29, 1.82) is 0 Å². The van der Waals surface area contributed by atoms with Gasteiger partial charge in [-0.15, -0.1) is 11.3 Å². The summed E-state index contributed by atoms with van der Waals surface area (Å²) in [6, 6.07) is 5.42. The third-order valence-corrected chi connectivity index (χ3v) is 4.22. The molecule has 0 bridgehead atoms. The van der Waals surface area contributed by atoms with Crippen LogP contribution >= 0.6 is 24.0 Å². The molecule has 0 aliphatic heterocycles. The van der Waals surface area contributed by atoms with Gasteiger partial charge in [-0.05, 0) is 18.2 Å². The number of thiazole rings is 1. The number of hydrogen-bond acceptors (Lipinski definition) is 6. The third-order valence-electron chi connectivity index (χ3n) is 2.67. The molecule has 7 heteroatoms. The van der Waals surface area contributed by atoms with Crippen LogP contribution in [0.5, 0.6) is 11.5 Å². The minimum Gasteiger partial charge on any atom is -0.493 e. The predicted molar refractivity (Wildman–Crippen MR) is 80.0 cm³/mol. The molecule has 0 aliphatic rings. The zero-order valence-electron chi connectivity index (χ0n) is 10.9. The molecule has 0 spiro atoms. The van der Waals surface area contributed by atoms with Crippen molar-refractivity contribution in [3.63, 3.8) is 0 Å². The van der Waals surface area contributed by atoms with E-state index in [1.54, 1.807) is 31.7 Å². The van der Waals surface area contributed by atoms with E-state index in [4.69, 9.17) is 14.6 Å². The molecule has 5 nitrogen and oxygen atoms in total. The predicted octanol–water partition coefficient (Wildman–Crippen LogP) is 2.88. The van der Waals surface area contributed by atoms with E-state index in [1.807, 2.05) is 6.07 Å². The van der Waals surface area contributed by atoms with Crippen molar-refractivity contribution in [1.82, 2.24) is 4.98 Å². The van der Waals surface area contributed by atoms with E-state index in [-0.39, 0.29) is 0 Å². The van der Waals surface area contributed by atoms with E-state index in [1.165, 1.54) is 11.3 Å². The summed E-state index contributed by atoms with van der Waals surface area (Å²) in [5.41, 5.74) is 1.52. The highest BCUT2D eigenvalue weighted by atomic mass is 32.1. The van der Waals surface area contributed by atoms with E-state index in [2.05, 4.69) is 17.6 Å². The Morgan fingerprint density at radius 3 is 2.65 bits per heavy atom. The minimum atomic E-state index is -1.01. The normalized spacial score (nSPS) is 11.9. The van der Waals surface area contributed by atoms with Gasteiger partial charge in [-0.1, -0.05) is 0 Å². The van der Waals surface area contributed by atoms with Crippen LogP contribution in [0.1, 0.15) is 10.3 Å². The van der Waals surface area contributed by atoms with E-state index in [0.29, 0.717) is 22.2 Å². The molecule has 0 radical (unpaired) electrons. The van der Waals surface area contributed by atoms with Crippen LogP contribution < -0.4 is 9.47 Å². The molecule has 0 amide bonds. The van der Waals surface area contributed by atoms with E-state index in [9.17, 15) is 4.79 Å². The molecule has 2 rings (SSSR count). The summed E-state index contributed by atoms with van der Waals surface area (Å²) < 4.78 is 10.4. The van der Waals surface area contributed by atoms with Crippen LogP contribution in [0.15, 0.2) is 23.6 Å². The van der Waals surface area contributed by atoms with Crippen molar-refractivity contribution >= 4 is 29.9 Å². The average molecular weight is 311 g/mol. The van der Waals surface area contributed by atoms with Gasteiger partial charge in [-0.3, -0.25) is 4.79 Å². The fraction of sp³-hybridized carbons (Fsp3) is 0.231. The highest BCUT2D eigenvalue weighted by Crippen LogP contribution is 2.34. The Labute approximate surface area is 125 Å². The van der Waals surface area contributed by atoms with Gasteiger partial charge in [0.25, 0.3) is 0 Å². The molecule has 1 aromatic carbocycles. The Morgan fingerprint density at radius 2 is 2.05 bits per heavy atom. The molecule has 0 saturated carbocycles. The molecule has 1 aromatic heterocycles. The van der Waals surface area contributed by atoms with Gasteiger partial charge in [0, 0.05) is 10.9 Å². The Balaban J connectivity index is 2.35. The zero-order valence-corrected chi connectivity index (χ0v) is 12.6. The number of carbonyl (C=O) groups is 1. The maximum Gasteiger partial charge on any atom is 0.323 e. The molecule has 1 atom stereocenters. The first kappa shape index (κ1) is 14.7. The van der Waals surface area contributed by atoms with E-state index < -0.39 is 11.2 Å². The molecule has 0 fully saturated rings. The highest BCUT2D eigenvalue weighted by Gasteiger charge is 2.19. The van der Waals surface area contributed by atoms with Gasteiger partial charge in [-0.25, -0.2) is 4.98 Å². The Kier molecular flexibility index (Phi) is 4.51. The maximum atomic E-state index is 10.9. The minimum absolute atomic E-state index is 0.450. The molecule has 106 valence electrons. The van der Waals surface area contributed by atoms with Crippen LogP contribution in [0.3, 0.4) is 0 Å². The molecule has 0 saturated heterocycles. The van der Waals surface area contributed by atoms with Crippen LogP contribution in [-0.4, -0.2) is 30.3 Å². The summed E-state index contributed by atoms with van der Waals surface area (Å²) in [7, 11) is 3.12. The van der Waals surface area contributed by atoms with Gasteiger partial charge in [0.2, 0.25) is 0 Å². The summed E-state index contributed by atoms with van der Waals surface area (Å²) in [6.07, 6.45) is 0. The second-order valence-electron chi connectivity index (χ2n) is 3.88. The summed E-state index contributed by atoms with van der Waals surface area (Å²) in [5.74, 6) is 0.214. The third kappa shape index (κ3) is 2.88. The van der Waals surface area contributed by atoms with Crippen LogP contribution in [0.4, 0.5) is 0 Å². The standard InChI is InChI=1S/C13H13NO4S2/c1-17-9-4-3-7(5-10(9)18-2)8-6-20-12(14-8)11(19)13(15)16/h3-6,11,19H,1-2H3,(H,15,16). The number of hydrogen-bond donors (Lipinski definition) is 2. The number of benzene rings is 1. The summed E-state index contributed by atoms with van der Waals surface area (Å²) in [5, 5.41) is 10.3. The number of aliphatic carboxylic acids is 1. The SMILES string of the molecule is COc1ccc(-c2csc(C(S)C(=O)O)n2)cc1OC. The van der Waals surface area contributed by atoms with Gasteiger partial charge in [0.15, 0.2) is 16.7 Å². The molecule has 2 aromatic rings. The monoisotopic (exact) mass is 311 g/mol. The summed E-state index contributed by atoms with van der Waals surface area (Å²) in [6.45, 7) is 0. The quantitative estimate of drug-likeness (QED) is 0.831. The lowest BCUT2D eigenvalue weighted by Gasteiger charge is -2.08. The lowest BCUT2D eigenvalue weighted by molar-refractivity contribution is -0.136.